The van der Waals surface area contributed by atoms with Crippen molar-refractivity contribution in [2.75, 3.05) is 7.11 Å². The zero-order valence-electron chi connectivity index (χ0n) is 18.9. The molecule has 2 N–H and O–H groups in total. The number of methoxy groups -OCH3 is 1. The van der Waals surface area contributed by atoms with Crippen molar-refractivity contribution in [1.82, 2.24) is 0 Å². The summed E-state index contributed by atoms with van der Waals surface area (Å²) in [4.78, 5) is 13.1. The maximum Gasteiger partial charge on any atom is 0.159 e. The van der Waals surface area contributed by atoms with Gasteiger partial charge in [-0.15, -0.1) is 0 Å². The van der Waals surface area contributed by atoms with E-state index in [9.17, 15) is 15.0 Å². The van der Waals surface area contributed by atoms with E-state index in [1.807, 2.05) is 6.08 Å². The summed E-state index contributed by atoms with van der Waals surface area (Å²) in [6, 6.07) is 0. The molecule has 0 heterocycles. The molecule has 4 nitrogen and oxygen atoms in total. The quantitative estimate of drug-likeness (QED) is 0.671. The molecule has 0 radical (unpaired) electrons. The second kappa shape index (κ2) is 8.37. The van der Waals surface area contributed by atoms with Crippen LogP contribution in [-0.2, 0) is 9.53 Å². The lowest BCUT2D eigenvalue weighted by Gasteiger charge is -2.46. The number of aliphatic hydroxyl groups excluding tert-OH is 2. The van der Waals surface area contributed by atoms with Crippen LogP contribution in [0.25, 0.3) is 0 Å². The largest absolute Gasteiger partial charge is 0.393 e. The summed E-state index contributed by atoms with van der Waals surface area (Å²) in [6.45, 7) is 6.38. The molecule has 0 saturated heterocycles. The number of ketones is 1. The first kappa shape index (κ1) is 22.0. The summed E-state index contributed by atoms with van der Waals surface area (Å²) >= 11 is 0. The van der Waals surface area contributed by atoms with Crippen molar-refractivity contribution in [2.45, 2.75) is 84.0 Å². The van der Waals surface area contributed by atoms with Gasteiger partial charge in [0.25, 0.3) is 0 Å². The summed E-state index contributed by atoms with van der Waals surface area (Å²) in [6.07, 6.45) is 11.8. The first-order valence-electron chi connectivity index (χ1n) is 11.8. The zero-order chi connectivity index (χ0) is 21.6. The molecule has 0 aromatic heterocycles. The van der Waals surface area contributed by atoms with Gasteiger partial charge in [0.05, 0.1) is 12.2 Å². The minimum Gasteiger partial charge on any atom is -0.393 e. The van der Waals surface area contributed by atoms with E-state index in [1.165, 1.54) is 16.7 Å². The van der Waals surface area contributed by atoms with Gasteiger partial charge in [-0.2, -0.15) is 0 Å². The molecule has 4 heteroatoms. The molecule has 2 bridgehead atoms. The van der Waals surface area contributed by atoms with Crippen LogP contribution in [0.3, 0.4) is 0 Å². The van der Waals surface area contributed by atoms with Crippen LogP contribution in [0.4, 0.5) is 0 Å². The van der Waals surface area contributed by atoms with Crippen LogP contribution in [0.1, 0.15) is 65.7 Å². The molecule has 30 heavy (non-hydrogen) atoms. The second-order valence-electron chi connectivity index (χ2n) is 10.5. The molecule has 166 valence electrons. The van der Waals surface area contributed by atoms with E-state index in [-0.39, 0.29) is 29.3 Å². The maximum absolute atomic E-state index is 13.1. The van der Waals surface area contributed by atoms with Crippen molar-refractivity contribution in [3.63, 3.8) is 0 Å². The molecular weight excluding hydrogens is 376 g/mol. The standard InChI is InChI=1S/C26H38O4/c1-15(11-25(30-4)16(2)27)22-7-8-23-21-14-24(29)18-12-17(5-6-19(28)13-18)20(21)9-10-26(22,23)3/h5,11,14,16,18-20,22-23,25,27-28H,6-10,12-13H2,1-4H3/b15-11+/t16-,18-,19-,20+,22+,23-,25+,26+/m0/s1. The first-order chi connectivity index (χ1) is 14.2. The van der Waals surface area contributed by atoms with E-state index in [4.69, 9.17) is 4.74 Å². The van der Waals surface area contributed by atoms with E-state index in [0.29, 0.717) is 30.6 Å². The number of carbonyl (C=O) groups excluding carboxylic acids is 1. The number of rotatable bonds is 4. The van der Waals surface area contributed by atoms with Gasteiger partial charge < -0.3 is 14.9 Å². The first-order valence-corrected chi connectivity index (χ1v) is 11.8. The van der Waals surface area contributed by atoms with E-state index in [0.717, 1.165) is 32.1 Å². The lowest BCUT2D eigenvalue weighted by Crippen LogP contribution is -2.38. The summed E-state index contributed by atoms with van der Waals surface area (Å²) in [7, 11) is 1.65. The van der Waals surface area contributed by atoms with Gasteiger partial charge in [0.15, 0.2) is 5.78 Å². The normalized spacial score (nSPS) is 41.1. The SMILES string of the molecule is CO[C@H](/C=C(\C)[C@H]1CC[C@H]2C3=CC(=O)[C@H]4CC(=CC[C@H](O)C4)[C@H]3CC[C@]12C)[C@H](C)O. The smallest absolute Gasteiger partial charge is 0.159 e. The maximum atomic E-state index is 13.1. The molecule has 4 aliphatic rings. The molecule has 0 aromatic carbocycles. The number of fused-ring (bicyclic) bond motifs is 6. The molecule has 0 spiro atoms. The average molecular weight is 415 g/mol. The van der Waals surface area contributed by atoms with E-state index in [2.05, 4.69) is 26.0 Å². The summed E-state index contributed by atoms with van der Waals surface area (Å²) in [5.41, 5.74) is 4.23. The average Bonchev–Trinajstić information content (AvgIpc) is 2.84. The highest BCUT2D eigenvalue weighted by atomic mass is 16.5. The van der Waals surface area contributed by atoms with Gasteiger partial charge in [0, 0.05) is 18.9 Å². The van der Waals surface area contributed by atoms with Crippen molar-refractivity contribution in [2.24, 2.45) is 29.1 Å². The molecule has 0 aliphatic heterocycles. The Hall–Kier alpha value is -1.23. The topological polar surface area (TPSA) is 66.8 Å². The van der Waals surface area contributed by atoms with Crippen molar-refractivity contribution in [1.29, 1.82) is 0 Å². The summed E-state index contributed by atoms with van der Waals surface area (Å²) < 4.78 is 5.48. The Morgan fingerprint density at radius 2 is 2.10 bits per heavy atom. The number of hydrogen-bond donors (Lipinski definition) is 2. The molecule has 0 unspecified atom stereocenters. The Labute approximate surface area is 181 Å². The van der Waals surface area contributed by atoms with E-state index < -0.39 is 6.10 Å². The number of ether oxygens (including phenoxy) is 1. The second-order valence-corrected chi connectivity index (χ2v) is 10.5. The number of carbonyl (C=O) groups is 1. The molecule has 8 atom stereocenters. The highest BCUT2D eigenvalue weighted by molar-refractivity contribution is 5.93. The van der Waals surface area contributed by atoms with Crippen molar-refractivity contribution < 1.29 is 19.7 Å². The molecule has 0 amide bonds. The number of hydrogen-bond acceptors (Lipinski definition) is 4. The minimum atomic E-state index is -0.529. The fourth-order valence-electron chi connectivity index (χ4n) is 7.07. The van der Waals surface area contributed by atoms with Crippen molar-refractivity contribution in [3.8, 4) is 0 Å². The Balaban J connectivity index is 1.65. The Morgan fingerprint density at radius 3 is 2.80 bits per heavy atom. The third-order valence-electron chi connectivity index (χ3n) is 8.69. The van der Waals surface area contributed by atoms with E-state index >= 15 is 0 Å². The van der Waals surface area contributed by atoms with Gasteiger partial charge in [-0.3, -0.25) is 4.79 Å². The van der Waals surface area contributed by atoms with Gasteiger partial charge in [0.2, 0.25) is 0 Å². The predicted octanol–water partition coefficient (Wildman–Crippen LogP) is 4.37. The van der Waals surface area contributed by atoms with Crippen LogP contribution in [0, 0.1) is 29.1 Å². The lowest BCUT2D eigenvalue weighted by atomic mass is 9.58. The van der Waals surface area contributed by atoms with Crippen LogP contribution in [-0.4, -0.2) is 41.4 Å². The highest BCUT2D eigenvalue weighted by Crippen LogP contribution is 2.62. The van der Waals surface area contributed by atoms with Gasteiger partial charge in [-0.05, 0) is 82.1 Å². The predicted molar refractivity (Wildman–Crippen MR) is 118 cm³/mol. The summed E-state index contributed by atoms with van der Waals surface area (Å²) in [5.74, 6) is 1.46. The van der Waals surface area contributed by atoms with Crippen molar-refractivity contribution >= 4 is 5.78 Å². The third-order valence-corrected chi connectivity index (χ3v) is 8.69. The molecule has 2 fully saturated rings. The lowest BCUT2D eigenvalue weighted by molar-refractivity contribution is -0.119. The fourth-order valence-corrected chi connectivity index (χ4v) is 7.07. The van der Waals surface area contributed by atoms with Crippen molar-refractivity contribution in [3.05, 3.63) is 34.9 Å². The monoisotopic (exact) mass is 414 g/mol. The van der Waals surface area contributed by atoms with Gasteiger partial charge >= 0.3 is 0 Å². The van der Waals surface area contributed by atoms with Crippen LogP contribution in [0.5, 0.6) is 0 Å². The van der Waals surface area contributed by atoms with Crippen LogP contribution >= 0.6 is 0 Å². The Morgan fingerprint density at radius 1 is 1.33 bits per heavy atom. The fraction of sp³-hybridized carbons (Fsp3) is 0.731. The molecule has 4 rings (SSSR count). The zero-order valence-corrected chi connectivity index (χ0v) is 18.9. The van der Waals surface area contributed by atoms with Crippen LogP contribution in [0.15, 0.2) is 34.9 Å². The Bertz CT molecular complexity index is 776. The van der Waals surface area contributed by atoms with Gasteiger partial charge in [-0.1, -0.05) is 35.8 Å². The third kappa shape index (κ3) is 3.76. The van der Waals surface area contributed by atoms with E-state index in [1.54, 1.807) is 14.0 Å². The highest BCUT2D eigenvalue weighted by Gasteiger charge is 2.53. The van der Waals surface area contributed by atoms with Gasteiger partial charge in [-0.25, -0.2) is 0 Å². The molecule has 0 aromatic rings. The molecule has 4 aliphatic carbocycles. The number of aliphatic hydroxyl groups is 2. The minimum absolute atomic E-state index is 0.0505. The van der Waals surface area contributed by atoms with Gasteiger partial charge in [0.1, 0.15) is 6.10 Å². The van der Waals surface area contributed by atoms with Crippen LogP contribution < -0.4 is 0 Å². The van der Waals surface area contributed by atoms with Crippen LogP contribution in [0.2, 0.25) is 0 Å². The summed E-state index contributed by atoms with van der Waals surface area (Å²) in [5, 5.41) is 20.2. The molecular formula is C26H38O4. The molecule has 2 saturated carbocycles. The Kier molecular flexibility index (Phi) is 6.13. The number of allylic oxidation sites excluding steroid dienone is 4.